The van der Waals surface area contributed by atoms with E-state index in [0.717, 1.165) is 16.6 Å². The number of anilines is 1. The highest BCUT2D eigenvalue weighted by atomic mass is 16.5. The normalized spacial score (nSPS) is 14.3. The molecule has 102 valence electrons. The Bertz CT molecular complexity index is 538. The molecule has 2 rings (SSSR count). The van der Waals surface area contributed by atoms with Crippen LogP contribution in [0.4, 0.5) is 5.69 Å². The molecule has 0 amide bonds. The maximum Gasteiger partial charge on any atom is 0.0950 e. The number of hydrogen-bond acceptors (Lipinski definition) is 5. The van der Waals surface area contributed by atoms with Gasteiger partial charge in [0.1, 0.15) is 0 Å². The second-order valence-corrected chi connectivity index (χ2v) is 4.87. The SMILES string of the molecule is COCCC(C)(O)CNc1cnnc2ccccc12. The Kier molecular flexibility index (Phi) is 4.29. The summed E-state index contributed by atoms with van der Waals surface area (Å²) in [4.78, 5) is 0. The highest BCUT2D eigenvalue weighted by molar-refractivity contribution is 5.90. The van der Waals surface area contributed by atoms with E-state index in [1.165, 1.54) is 0 Å². The fourth-order valence-corrected chi connectivity index (χ4v) is 1.84. The summed E-state index contributed by atoms with van der Waals surface area (Å²) >= 11 is 0. The highest BCUT2D eigenvalue weighted by Crippen LogP contribution is 2.21. The number of ether oxygens (including phenoxy) is 1. The Hall–Kier alpha value is -1.72. The van der Waals surface area contributed by atoms with Crippen molar-refractivity contribution in [3.05, 3.63) is 30.5 Å². The number of nitrogens with zero attached hydrogens (tertiary/aromatic N) is 2. The number of hydrogen-bond donors (Lipinski definition) is 2. The van der Waals surface area contributed by atoms with Gasteiger partial charge in [-0.05, 0) is 13.0 Å². The van der Waals surface area contributed by atoms with Crippen molar-refractivity contribution in [2.24, 2.45) is 0 Å². The molecule has 0 radical (unpaired) electrons. The van der Waals surface area contributed by atoms with Crippen LogP contribution >= 0.6 is 0 Å². The first-order valence-electron chi connectivity index (χ1n) is 6.28. The van der Waals surface area contributed by atoms with Gasteiger partial charge in [0.15, 0.2) is 0 Å². The zero-order chi connectivity index (χ0) is 13.7. The number of nitrogens with one attached hydrogen (secondary N) is 1. The minimum Gasteiger partial charge on any atom is -0.388 e. The van der Waals surface area contributed by atoms with Crippen molar-refractivity contribution in [2.45, 2.75) is 18.9 Å². The lowest BCUT2D eigenvalue weighted by Gasteiger charge is -2.24. The molecule has 19 heavy (non-hydrogen) atoms. The molecule has 1 unspecified atom stereocenters. The van der Waals surface area contributed by atoms with Crippen LogP contribution in [0.25, 0.3) is 10.9 Å². The topological polar surface area (TPSA) is 67.3 Å². The maximum atomic E-state index is 10.2. The summed E-state index contributed by atoms with van der Waals surface area (Å²) in [6.07, 6.45) is 2.25. The smallest absolute Gasteiger partial charge is 0.0950 e. The Balaban J connectivity index is 2.09. The summed E-state index contributed by atoms with van der Waals surface area (Å²) in [6.45, 7) is 2.76. The third kappa shape index (κ3) is 3.62. The molecule has 0 aliphatic carbocycles. The first-order valence-corrected chi connectivity index (χ1v) is 6.28. The third-order valence-electron chi connectivity index (χ3n) is 3.05. The van der Waals surface area contributed by atoms with Gasteiger partial charge in [-0.2, -0.15) is 10.2 Å². The van der Waals surface area contributed by atoms with Gasteiger partial charge in [-0.1, -0.05) is 18.2 Å². The van der Waals surface area contributed by atoms with Crippen molar-refractivity contribution in [2.75, 3.05) is 25.6 Å². The van der Waals surface area contributed by atoms with Gasteiger partial charge in [0.05, 0.1) is 23.0 Å². The molecule has 0 aliphatic heterocycles. The van der Waals surface area contributed by atoms with Crippen molar-refractivity contribution < 1.29 is 9.84 Å². The van der Waals surface area contributed by atoms with Gasteiger partial charge in [-0.25, -0.2) is 0 Å². The van der Waals surface area contributed by atoms with Crippen molar-refractivity contribution in [3.63, 3.8) is 0 Å². The summed E-state index contributed by atoms with van der Waals surface area (Å²) < 4.78 is 4.99. The Morgan fingerprint density at radius 1 is 1.37 bits per heavy atom. The zero-order valence-electron chi connectivity index (χ0n) is 11.3. The molecule has 2 aromatic rings. The van der Waals surface area contributed by atoms with Gasteiger partial charge in [0, 0.05) is 32.1 Å². The Morgan fingerprint density at radius 2 is 2.16 bits per heavy atom. The molecule has 5 nitrogen and oxygen atoms in total. The van der Waals surface area contributed by atoms with Crippen LogP contribution in [0.2, 0.25) is 0 Å². The minimum absolute atomic E-state index is 0.437. The van der Waals surface area contributed by atoms with E-state index in [1.54, 1.807) is 20.2 Å². The molecule has 1 aromatic heterocycles. The first-order chi connectivity index (χ1) is 9.12. The lowest BCUT2D eigenvalue weighted by molar-refractivity contribution is 0.0358. The molecule has 0 saturated heterocycles. The predicted octanol–water partition coefficient (Wildman–Crippen LogP) is 1.83. The number of methoxy groups -OCH3 is 1. The molecule has 1 heterocycles. The molecule has 5 heteroatoms. The number of aliphatic hydroxyl groups is 1. The first kappa shape index (κ1) is 13.7. The molecule has 2 N–H and O–H groups in total. The summed E-state index contributed by atoms with van der Waals surface area (Å²) in [6, 6.07) is 7.78. The molecule has 1 atom stereocenters. The van der Waals surface area contributed by atoms with E-state index < -0.39 is 5.60 Å². The van der Waals surface area contributed by atoms with Crippen LogP contribution in [0.15, 0.2) is 30.5 Å². The predicted molar refractivity (Wildman–Crippen MR) is 75.1 cm³/mol. The van der Waals surface area contributed by atoms with Gasteiger partial charge >= 0.3 is 0 Å². The molecule has 1 aromatic carbocycles. The van der Waals surface area contributed by atoms with Gasteiger partial charge in [0.25, 0.3) is 0 Å². The van der Waals surface area contributed by atoms with E-state index in [0.29, 0.717) is 19.6 Å². The fourth-order valence-electron chi connectivity index (χ4n) is 1.84. The quantitative estimate of drug-likeness (QED) is 0.830. The van der Waals surface area contributed by atoms with E-state index in [2.05, 4.69) is 15.5 Å². The number of aromatic nitrogens is 2. The van der Waals surface area contributed by atoms with Crippen LogP contribution < -0.4 is 5.32 Å². The van der Waals surface area contributed by atoms with Crippen LogP contribution in [0.1, 0.15) is 13.3 Å². The largest absolute Gasteiger partial charge is 0.388 e. The van der Waals surface area contributed by atoms with Gasteiger partial charge in [0.2, 0.25) is 0 Å². The second-order valence-electron chi connectivity index (χ2n) is 4.87. The molecule has 0 bridgehead atoms. The Labute approximate surface area is 112 Å². The Morgan fingerprint density at radius 3 is 2.95 bits per heavy atom. The monoisotopic (exact) mass is 261 g/mol. The summed E-state index contributed by atoms with van der Waals surface area (Å²) in [5.41, 5.74) is 0.896. The number of benzene rings is 1. The fraction of sp³-hybridized carbons (Fsp3) is 0.429. The van der Waals surface area contributed by atoms with E-state index in [9.17, 15) is 5.11 Å². The van der Waals surface area contributed by atoms with Crippen LogP contribution in [0.5, 0.6) is 0 Å². The summed E-state index contributed by atoms with van der Waals surface area (Å²) in [5, 5.41) is 22.4. The van der Waals surface area contributed by atoms with Crippen LogP contribution in [0, 0.1) is 0 Å². The third-order valence-corrected chi connectivity index (χ3v) is 3.05. The minimum atomic E-state index is -0.819. The lowest BCUT2D eigenvalue weighted by Crippen LogP contribution is -2.34. The van der Waals surface area contributed by atoms with E-state index in [1.807, 2.05) is 24.3 Å². The van der Waals surface area contributed by atoms with Gasteiger partial charge < -0.3 is 15.2 Å². The van der Waals surface area contributed by atoms with Gasteiger partial charge in [-0.15, -0.1) is 0 Å². The second kappa shape index (κ2) is 5.95. The average Bonchev–Trinajstić information content (AvgIpc) is 2.43. The van der Waals surface area contributed by atoms with E-state index in [4.69, 9.17) is 4.74 Å². The van der Waals surface area contributed by atoms with Crippen molar-refractivity contribution in [1.82, 2.24) is 10.2 Å². The standard InChI is InChI=1S/C14H19N3O2/c1-14(18,7-8-19-2)10-15-13-9-16-17-12-6-4-3-5-11(12)13/h3-6,9,18H,7-8,10H2,1-2H3,(H,15,17). The number of rotatable bonds is 6. The van der Waals surface area contributed by atoms with Crippen molar-refractivity contribution in [1.29, 1.82) is 0 Å². The van der Waals surface area contributed by atoms with Crippen LogP contribution in [0.3, 0.4) is 0 Å². The zero-order valence-corrected chi connectivity index (χ0v) is 11.3. The molecule has 0 spiro atoms. The van der Waals surface area contributed by atoms with Crippen LogP contribution in [-0.4, -0.2) is 41.2 Å². The van der Waals surface area contributed by atoms with E-state index >= 15 is 0 Å². The molecular weight excluding hydrogens is 242 g/mol. The summed E-state index contributed by atoms with van der Waals surface area (Å²) in [7, 11) is 1.63. The van der Waals surface area contributed by atoms with E-state index in [-0.39, 0.29) is 0 Å². The highest BCUT2D eigenvalue weighted by Gasteiger charge is 2.20. The van der Waals surface area contributed by atoms with Gasteiger partial charge in [-0.3, -0.25) is 0 Å². The average molecular weight is 261 g/mol. The number of fused-ring (bicyclic) bond motifs is 1. The lowest BCUT2D eigenvalue weighted by atomic mass is 10.0. The maximum absolute atomic E-state index is 10.2. The summed E-state index contributed by atoms with van der Waals surface area (Å²) in [5.74, 6) is 0. The molecule has 0 saturated carbocycles. The van der Waals surface area contributed by atoms with Crippen LogP contribution in [-0.2, 0) is 4.74 Å². The van der Waals surface area contributed by atoms with Crippen molar-refractivity contribution in [3.8, 4) is 0 Å². The molecular formula is C14H19N3O2. The van der Waals surface area contributed by atoms with Crippen molar-refractivity contribution >= 4 is 16.6 Å². The molecule has 0 aliphatic rings. The molecule has 0 fully saturated rings.